The molecule has 0 saturated heterocycles. The summed E-state index contributed by atoms with van der Waals surface area (Å²) < 4.78 is 3.73. The summed E-state index contributed by atoms with van der Waals surface area (Å²) in [4.78, 5) is 21.0. The van der Waals surface area contributed by atoms with Gasteiger partial charge in [0.05, 0.1) is 17.8 Å². The lowest BCUT2D eigenvalue weighted by Gasteiger charge is -2.07. The summed E-state index contributed by atoms with van der Waals surface area (Å²) in [6, 6.07) is 13.7. The van der Waals surface area contributed by atoms with Gasteiger partial charge in [-0.2, -0.15) is 4.52 Å². The van der Waals surface area contributed by atoms with Gasteiger partial charge < -0.3 is 5.32 Å². The predicted octanol–water partition coefficient (Wildman–Crippen LogP) is 2.27. The number of hydrogen-bond acceptors (Lipinski definition) is 6. The fraction of sp³-hybridized carbons (Fsp3) is 0.238. The van der Waals surface area contributed by atoms with Gasteiger partial charge in [-0.05, 0) is 37.6 Å². The number of para-hydroxylation sites is 1. The number of carbonyl (C=O) groups excluding carboxylic acids is 1. The van der Waals surface area contributed by atoms with Gasteiger partial charge in [-0.3, -0.25) is 14.2 Å². The summed E-state index contributed by atoms with van der Waals surface area (Å²) in [5.74, 6) is 2.10. The summed E-state index contributed by atoms with van der Waals surface area (Å²) >= 11 is 0. The first-order chi connectivity index (χ1) is 14.7. The second-order valence-electron chi connectivity index (χ2n) is 7.11. The molecule has 30 heavy (non-hydrogen) atoms. The molecule has 0 spiro atoms. The first-order valence-electron chi connectivity index (χ1n) is 9.85. The predicted molar refractivity (Wildman–Crippen MR) is 111 cm³/mol. The Hall–Kier alpha value is -3.88. The number of pyridine rings is 1. The van der Waals surface area contributed by atoms with Crippen LogP contribution in [0.1, 0.15) is 30.2 Å². The number of nitrogens with one attached hydrogen (secondary N) is 1. The molecule has 1 N–H and O–H groups in total. The summed E-state index contributed by atoms with van der Waals surface area (Å²) in [7, 11) is 0. The Morgan fingerprint density at radius 3 is 2.83 bits per heavy atom. The van der Waals surface area contributed by atoms with Gasteiger partial charge in [0.15, 0.2) is 5.65 Å². The molecule has 5 rings (SSSR count). The number of nitrogens with zero attached hydrogens (tertiary/aromatic N) is 7. The van der Waals surface area contributed by atoms with Crippen LogP contribution in [-0.2, 0) is 17.8 Å². The average Bonchev–Trinajstić information content (AvgIpc) is 3.37. The molecule has 0 radical (unpaired) electrons. The van der Waals surface area contributed by atoms with E-state index < -0.39 is 0 Å². The largest absolute Gasteiger partial charge is 0.350 e. The highest BCUT2D eigenvalue weighted by molar-refractivity contribution is 5.93. The molecule has 1 aromatic carbocycles. The molecule has 9 nitrogen and oxygen atoms in total. The molecule has 9 heteroatoms. The number of hydrogen-bond donors (Lipinski definition) is 1. The fourth-order valence-electron chi connectivity index (χ4n) is 3.63. The topological polar surface area (TPSA) is 102 Å². The maximum atomic E-state index is 12.2. The van der Waals surface area contributed by atoms with Crippen molar-refractivity contribution in [2.45, 2.75) is 32.7 Å². The Bertz CT molecular complexity index is 1360. The van der Waals surface area contributed by atoms with E-state index in [1.54, 1.807) is 10.7 Å². The van der Waals surface area contributed by atoms with Crippen LogP contribution in [0.15, 0.2) is 48.7 Å². The van der Waals surface area contributed by atoms with Crippen LogP contribution in [0, 0.1) is 6.92 Å². The number of rotatable bonds is 6. The lowest BCUT2D eigenvalue weighted by molar-refractivity contribution is -0.121. The molecule has 5 aromatic rings. The van der Waals surface area contributed by atoms with E-state index in [2.05, 4.69) is 30.6 Å². The van der Waals surface area contributed by atoms with Crippen molar-refractivity contribution in [3.05, 3.63) is 66.0 Å². The number of aromatic nitrogens is 7. The van der Waals surface area contributed by atoms with Crippen molar-refractivity contribution >= 4 is 28.2 Å². The van der Waals surface area contributed by atoms with Gasteiger partial charge in [0.25, 0.3) is 5.78 Å². The highest BCUT2D eigenvalue weighted by atomic mass is 16.1. The first kappa shape index (κ1) is 18.2. The van der Waals surface area contributed by atoms with Gasteiger partial charge in [0.2, 0.25) is 5.91 Å². The summed E-state index contributed by atoms with van der Waals surface area (Å²) in [5, 5.41) is 17.1. The fourth-order valence-corrected chi connectivity index (χ4v) is 3.63. The molecule has 0 aliphatic heterocycles. The van der Waals surface area contributed by atoms with Crippen molar-refractivity contribution in [1.29, 1.82) is 0 Å². The number of carbonyl (C=O) groups is 1. The first-order valence-corrected chi connectivity index (χ1v) is 9.85. The molecule has 0 bridgehead atoms. The van der Waals surface area contributed by atoms with Crippen LogP contribution in [0.25, 0.3) is 22.3 Å². The van der Waals surface area contributed by atoms with E-state index in [4.69, 9.17) is 0 Å². The molecule has 0 atom stereocenters. The van der Waals surface area contributed by atoms with Gasteiger partial charge in [0.1, 0.15) is 11.6 Å². The van der Waals surface area contributed by atoms with Crippen molar-refractivity contribution in [1.82, 2.24) is 39.5 Å². The van der Waals surface area contributed by atoms with Crippen molar-refractivity contribution in [2.24, 2.45) is 0 Å². The second kappa shape index (κ2) is 7.51. The molecule has 0 fully saturated rings. The number of fused-ring (bicyclic) bond motifs is 6. The minimum Gasteiger partial charge on any atom is -0.350 e. The van der Waals surface area contributed by atoms with Gasteiger partial charge in [-0.15, -0.1) is 15.3 Å². The van der Waals surface area contributed by atoms with Gasteiger partial charge in [0, 0.05) is 24.4 Å². The van der Waals surface area contributed by atoms with Crippen LogP contribution in [0.5, 0.6) is 0 Å². The zero-order valence-corrected chi connectivity index (χ0v) is 16.5. The van der Waals surface area contributed by atoms with Crippen LogP contribution in [0.2, 0.25) is 0 Å². The van der Waals surface area contributed by atoms with Crippen molar-refractivity contribution in [2.75, 3.05) is 0 Å². The molecule has 0 saturated carbocycles. The zero-order valence-electron chi connectivity index (χ0n) is 16.5. The summed E-state index contributed by atoms with van der Waals surface area (Å²) in [6.45, 7) is 2.29. The molecule has 150 valence electrons. The van der Waals surface area contributed by atoms with Crippen molar-refractivity contribution in [3.8, 4) is 0 Å². The standard InChI is InChI=1S/C21H20N8O/c1-14-24-20-16-8-2-3-9-17(16)28-18(25-26-21(28)29(20)27-14)10-6-11-19(30)23-13-15-7-4-5-12-22-15/h2-5,7-9,12H,6,10-11,13H2,1H3,(H,23,30). The molecule has 4 aromatic heterocycles. The number of aryl methyl sites for hydroxylation is 2. The van der Waals surface area contributed by atoms with Crippen molar-refractivity contribution in [3.63, 3.8) is 0 Å². The van der Waals surface area contributed by atoms with Crippen LogP contribution in [0.3, 0.4) is 0 Å². The van der Waals surface area contributed by atoms with Gasteiger partial charge in [-0.1, -0.05) is 18.2 Å². The normalized spacial score (nSPS) is 11.5. The van der Waals surface area contributed by atoms with E-state index in [-0.39, 0.29) is 5.91 Å². The van der Waals surface area contributed by atoms with E-state index >= 15 is 0 Å². The Morgan fingerprint density at radius 1 is 1.10 bits per heavy atom. The Balaban J connectivity index is 1.36. The maximum absolute atomic E-state index is 12.2. The Morgan fingerprint density at radius 2 is 1.97 bits per heavy atom. The van der Waals surface area contributed by atoms with E-state index in [1.807, 2.05) is 53.8 Å². The smallest absolute Gasteiger partial charge is 0.258 e. The Labute approximate surface area is 171 Å². The number of benzene rings is 1. The highest BCUT2D eigenvalue weighted by Gasteiger charge is 2.16. The zero-order chi connectivity index (χ0) is 20.5. The van der Waals surface area contributed by atoms with E-state index in [1.165, 1.54) is 0 Å². The van der Waals surface area contributed by atoms with Crippen LogP contribution < -0.4 is 5.32 Å². The number of amides is 1. The van der Waals surface area contributed by atoms with Crippen LogP contribution in [0.4, 0.5) is 0 Å². The van der Waals surface area contributed by atoms with E-state index in [0.717, 1.165) is 28.1 Å². The molecule has 0 unspecified atom stereocenters. The molecular weight excluding hydrogens is 380 g/mol. The lowest BCUT2D eigenvalue weighted by Crippen LogP contribution is -2.23. The lowest BCUT2D eigenvalue weighted by atomic mass is 10.2. The SMILES string of the molecule is Cc1nc2c3ccccc3n3c(CCCC(=O)NCc4ccccn4)nnc3n2n1. The maximum Gasteiger partial charge on any atom is 0.258 e. The molecule has 1 amide bonds. The minimum absolute atomic E-state index is 0.00590. The summed E-state index contributed by atoms with van der Waals surface area (Å²) in [6.07, 6.45) is 3.42. The highest BCUT2D eigenvalue weighted by Crippen LogP contribution is 2.22. The third-order valence-corrected chi connectivity index (χ3v) is 5.00. The third-order valence-electron chi connectivity index (χ3n) is 5.00. The average molecular weight is 400 g/mol. The molecule has 4 heterocycles. The van der Waals surface area contributed by atoms with Gasteiger partial charge >= 0.3 is 0 Å². The van der Waals surface area contributed by atoms with Crippen molar-refractivity contribution < 1.29 is 4.79 Å². The minimum atomic E-state index is -0.00590. The van der Waals surface area contributed by atoms with Crippen LogP contribution in [-0.4, -0.2) is 40.1 Å². The third kappa shape index (κ3) is 3.24. The molecule has 0 aliphatic rings. The Kier molecular flexibility index (Phi) is 4.55. The van der Waals surface area contributed by atoms with Gasteiger partial charge in [-0.25, -0.2) is 4.98 Å². The monoisotopic (exact) mass is 400 g/mol. The second-order valence-corrected chi connectivity index (χ2v) is 7.11. The quantitative estimate of drug-likeness (QED) is 0.469. The molecular formula is C21H20N8O. The van der Waals surface area contributed by atoms with E-state index in [0.29, 0.717) is 37.4 Å². The molecule has 0 aliphatic carbocycles. The summed E-state index contributed by atoms with van der Waals surface area (Å²) in [5.41, 5.74) is 2.59. The van der Waals surface area contributed by atoms with Crippen LogP contribution >= 0.6 is 0 Å². The van der Waals surface area contributed by atoms with E-state index in [9.17, 15) is 4.79 Å².